The smallest absolute Gasteiger partial charge is 0.315 e. The minimum Gasteiger partial charge on any atom is -0.338 e. The van der Waals surface area contributed by atoms with Crippen LogP contribution in [0.3, 0.4) is 0 Å². The average Bonchev–Trinajstić information content (AvgIpc) is 3.22. The van der Waals surface area contributed by atoms with Crippen LogP contribution in [0.2, 0.25) is 0 Å². The van der Waals surface area contributed by atoms with Crippen LogP contribution >= 0.6 is 0 Å². The van der Waals surface area contributed by atoms with Gasteiger partial charge in [0.25, 0.3) is 0 Å². The van der Waals surface area contributed by atoms with E-state index in [1.807, 2.05) is 30.3 Å². The maximum Gasteiger partial charge on any atom is 0.315 e. The standard InChI is InChI=1S/C18H26N4O2/c23-17-13-15(14-22(17)16-7-2-1-3-8-16)20-18(24)19-9-6-12-21-10-4-5-11-21/h1-3,7-8,15H,4-6,9-14H2,(H2,19,20,24)/t15-/m1/s1. The summed E-state index contributed by atoms with van der Waals surface area (Å²) in [7, 11) is 0. The number of carbonyl (C=O) groups is 2. The second-order valence-electron chi connectivity index (χ2n) is 6.54. The molecular weight excluding hydrogens is 304 g/mol. The highest BCUT2D eigenvalue weighted by atomic mass is 16.2. The monoisotopic (exact) mass is 330 g/mol. The zero-order chi connectivity index (χ0) is 16.8. The van der Waals surface area contributed by atoms with Crippen LogP contribution in [0, 0.1) is 0 Å². The molecule has 6 heteroatoms. The van der Waals surface area contributed by atoms with Crippen molar-refractivity contribution in [3.05, 3.63) is 30.3 Å². The first-order valence-corrected chi connectivity index (χ1v) is 8.84. The van der Waals surface area contributed by atoms with Crippen molar-refractivity contribution >= 4 is 17.6 Å². The SMILES string of the molecule is O=C(NCCCN1CCCC1)N[C@@H]1CC(=O)N(c2ccccc2)C1. The Balaban J connectivity index is 1.36. The largest absolute Gasteiger partial charge is 0.338 e. The molecule has 0 saturated carbocycles. The third kappa shape index (κ3) is 4.47. The molecule has 1 atom stereocenters. The Hall–Kier alpha value is -2.08. The van der Waals surface area contributed by atoms with Crippen molar-refractivity contribution in [1.82, 2.24) is 15.5 Å². The van der Waals surface area contributed by atoms with Crippen LogP contribution in [0.15, 0.2) is 30.3 Å². The minimum absolute atomic E-state index is 0.0560. The number of benzene rings is 1. The summed E-state index contributed by atoms with van der Waals surface area (Å²) in [4.78, 5) is 28.3. The van der Waals surface area contributed by atoms with E-state index in [0.29, 0.717) is 19.5 Å². The van der Waals surface area contributed by atoms with E-state index in [1.54, 1.807) is 4.90 Å². The molecule has 3 amide bonds. The Kier molecular flexibility index (Phi) is 5.69. The van der Waals surface area contributed by atoms with Crippen LogP contribution in [-0.2, 0) is 4.79 Å². The molecule has 2 aliphatic rings. The molecule has 1 aromatic rings. The van der Waals surface area contributed by atoms with E-state index in [4.69, 9.17) is 0 Å². The molecule has 6 nitrogen and oxygen atoms in total. The molecule has 2 fully saturated rings. The second-order valence-corrected chi connectivity index (χ2v) is 6.54. The predicted octanol–water partition coefficient (Wildman–Crippen LogP) is 1.58. The van der Waals surface area contributed by atoms with Gasteiger partial charge in [-0.3, -0.25) is 4.79 Å². The quantitative estimate of drug-likeness (QED) is 0.778. The number of likely N-dealkylation sites (tertiary alicyclic amines) is 1. The van der Waals surface area contributed by atoms with Gasteiger partial charge < -0.3 is 20.4 Å². The number of nitrogens with zero attached hydrogens (tertiary/aromatic N) is 2. The number of anilines is 1. The van der Waals surface area contributed by atoms with Gasteiger partial charge in [-0.25, -0.2) is 4.79 Å². The number of urea groups is 1. The molecule has 0 spiro atoms. The van der Waals surface area contributed by atoms with Crippen molar-refractivity contribution in [1.29, 1.82) is 0 Å². The summed E-state index contributed by atoms with van der Waals surface area (Å²) in [5.74, 6) is 0.0560. The third-order valence-electron chi connectivity index (χ3n) is 4.66. The van der Waals surface area contributed by atoms with Crippen molar-refractivity contribution in [3.8, 4) is 0 Å². The number of amides is 3. The molecule has 0 aromatic heterocycles. The molecule has 0 unspecified atom stereocenters. The lowest BCUT2D eigenvalue weighted by molar-refractivity contribution is -0.117. The van der Waals surface area contributed by atoms with E-state index < -0.39 is 0 Å². The number of para-hydroxylation sites is 1. The number of nitrogens with one attached hydrogen (secondary N) is 2. The van der Waals surface area contributed by atoms with E-state index in [-0.39, 0.29) is 18.0 Å². The Morgan fingerprint density at radius 1 is 1.17 bits per heavy atom. The second kappa shape index (κ2) is 8.15. The minimum atomic E-state index is -0.177. The fourth-order valence-corrected chi connectivity index (χ4v) is 3.41. The van der Waals surface area contributed by atoms with E-state index in [2.05, 4.69) is 15.5 Å². The van der Waals surface area contributed by atoms with Gasteiger partial charge in [0.15, 0.2) is 0 Å². The van der Waals surface area contributed by atoms with E-state index >= 15 is 0 Å². The van der Waals surface area contributed by atoms with E-state index in [1.165, 1.54) is 25.9 Å². The van der Waals surface area contributed by atoms with Gasteiger partial charge in [-0.2, -0.15) is 0 Å². The third-order valence-corrected chi connectivity index (χ3v) is 4.66. The summed E-state index contributed by atoms with van der Waals surface area (Å²) in [5, 5.41) is 5.81. The molecule has 1 aromatic carbocycles. The zero-order valence-electron chi connectivity index (χ0n) is 14.0. The summed E-state index contributed by atoms with van der Waals surface area (Å²) in [6.07, 6.45) is 3.91. The molecule has 2 heterocycles. The van der Waals surface area contributed by atoms with Crippen molar-refractivity contribution in [3.63, 3.8) is 0 Å². The van der Waals surface area contributed by atoms with E-state index in [0.717, 1.165) is 18.7 Å². The molecule has 0 aliphatic carbocycles. The number of hydrogen-bond acceptors (Lipinski definition) is 3. The highest BCUT2D eigenvalue weighted by molar-refractivity contribution is 5.96. The topological polar surface area (TPSA) is 64.7 Å². The molecular formula is C18H26N4O2. The molecule has 0 radical (unpaired) electrons. The summed E-state index contributed by atoms with van der Waals surface area (Å²) in [6, 6.07) is 9.28. The molecule has 130 valence electrons. The van der Waals surface area contributed by atoms with Crippen molar-refractivity contribution < 1.29 is 9.59 Å². The Labute approximate surface area is 143 Å². The normalized spacial score (nSPS) is 21.2. The summed E-state index contributed by atoms with van der Waals surface area (Å²) < 4.78 is 0. The van der Waals surface area contributed by atoms with Crippen LogP contribution in [-0.4, -0.2) is 55.6 Å². The van der Waals surface area contributed by atoms with Crippen LogP contribution in [0.1, 0.15) is 25.7 Å². The molecule has 2 saturated heterocycles. The molecule has 3 rings (SSSR count). The maximum atomic E-state index is 12.1. The van der Waals surface area contributed by atoms with Crippen molar-refractivity contribution in [2.75, 3.05) is 37.6 Å². The number of hydrogen-bond donors (Lipinski definition) is 2. The van der Waals surface area contributed by atoms with E-state index in [9.17, 15) is 9.59 Å². The van der Waals surface area contributed by atoms with Crippen LogP contribution in [0.4, 0.5) is 10.5 Å². The summed E-state index contributed by atoms with van der Waals surface area (Å²) >= 11 is 0. The van der Waals surface area contributed by atoms with Gasteiger partial charge in [-0.05, 0) is 51.0 Å². The van der Waals surface area contributed by atoms with Gasteiger partial charge >= 0.3 is 6.03 Å². The highest BCUT2D eigenvalue weighted by Crippen LogP contribution is 2.20. The first-order chi connectivity index (χ1) is 11.7. The lowest BCUT2D eigenvalue weighted by atomic mass is 10.2. The average molecular weight is 330 g/mol. The molecule has 2 N–H and O–H groups in total. The Morgan fingerprint density at radius 3 is 2.67 bits per heavy atom. The Morgan fingerprint density at radius 2 is 1.92 bits per heavy atom. The summed E-state index contributed by atoms with van der Waals surface area (Å²) in [6.45, 7) is 4.62. The zero-order valence-corrected chi connectivity index (χ0v) is 14.0. The fraction of sp³-hybridized carbons (Fsp3) is 0.556. The Bertz CT molecular complexity index is 557. The maximum absolute atomic E-state index is 12.1. The van der Waals surface area contributed by atoms with Gasteiger partial charge in [0, 0.05) is 25.2 Å². The van der Waals surface area contributed by atoms with Gasteiger partial charge in [-0.15, -0.1) is 0 Å². The number of carbonyl (C=O) groups excluding carboxylic acids is 2. The fourth-order valence-electron chi connectivity index (χ4n) is 3.41. The van der Waals surface area contributed by atoms with Gasteiger partial charge in [-0.1, -0.05) is 18.2 Å². The first kappa shape index (κ1) is 16.8. The molecule has 2 aliphatic heterocycles. The number of rotatable bonds is 6. The van der Waals surface area contributed by atoms with Gasteiger partial charge in [0.05, 0.1) is 6.04 Å². The van der Waals surface area contributed by atoms with Crippen molar-refractivity contribution in [2.45, 2.75) is 31.7 Å². The van der Waals surface area contributed by atoms with Crippen molar-refractivity contribution in [2.24, 2.45) is 0 Å². The summed E-state index contributed by atoms with van der Waals surface area (Å²) in [5.41, 5.74) is 0.887. The molecule has 24 heavy (non-hydrogen) atoms. The van der Waals surface area contributed by atoms with Crippen LogP contribution in [0.25, 0.3) is 0 Å². The highest BCUT2D eigenvalue weighted by Gasteiger charge is 2.31. The van der Waals surface area contributed by atoms with Crippen LogP contribution < -0.4 is 15.5 Å². The van der Waals surface area contributed by atoms with Crippen LogP contribution in [0.5, 0.6) is 0 Å². The molecule has 0 bridgehead atoms. The first-order valence-electron chi connectivity index (χ1n) is 8.84. The predicted molar refractivity (Wildman–Crippen MR) is 94.0 cm³/mol. The van der Waals surface area contributed by atoms with Gasteiger partial charge in [0.2, 0.25) is 5.91 Å². The lowest BCUT2D eigenvalue weighted by Gasteiger charge is -2.18. The van der Waals surface area contributed by atoms with Gasteiger partial charge in [0.1, 0.15) is 0 Å². The lowest BCUT2D eigenvalue weighted by Crippen LogP contribution is -2.44.